The van der Waals surface area contributed by atoms with Crippen molar-refractivity contribution in [1.29, 1.82) is 0 Å². The van der Waals surface area contributed by atoms with Crippen LogP contribution in [-0.2, 0) is 0 Å². The van der Waals surface area contributed by atoms with Gasteiger partial charge in [0.1, 0.15) is 4.99 Å². The van der Waals surface area contributed by atoms with Crippen molar-refractivity contribution in [2.24, 2.45) is 5.73 Å². The number of ether oxygens (including phenoxy) is 1. The van der Waals surface area contributed by atoms with Crippen LogP contribution in [0.15, 0.2) is 30.3 Å². The van der Waals surface area contributed by atoms with Gasteiger partial charge in [-0.3, -0.25) is 0 Å². The standard InChI is InChI=1S/C14H13FN2OS/c1-8-4-3-5-11(13(8)15)18-12-7-10(14(16)19)6-9(2)17-12/h3-7H,1-2H3,(H2,16,19). The van der Waals surface area contributed by atoms with Gasteiger partial charge in [0.25, 0.3) is 0 Å². The maximum absolute atomic E-state index is 13.8. The molecule has 0 unspecified atom stereocenters. The molecule has 0 amide bonds. The van der Waals surface area contributed by atoms with Crippen molar-refractivity contribution < 1.29 is 9.13 Å². The summed E-state index contributed by atoms with van der Waals surface area (Å²) in [6, 6.07) is 8.29. The van der Waals surface area contributed by atoms with Gasteiger partial charge in [-0.2, -0.15) is 0 Å². The Morgan fingerprint density at radius 1 is 1.32 bits per heavy atom. The third kappa shape index (κ3) is 3.06. The normalized spacial score (nSPS) is 10.3. The molecular weight excluding hydrogens is 263 g/mol. The minimum absolute atomic E-state index is 0.131. The highest BCUT2D eigenvalue weighted by molar-refractivity contribution is 7.80. The van der Waals surface area contributed by atoms with E-state index in [-0.39, 0.29) is 16.6 Å². The number of aromatic nitrogens is 1. The van der Waals surface area contributed by atoms with Crippen molar-refractivity contribution in [3.05, 3.63) is 53.0 Å². The number of nitrogens with two attached hydrogens (primary N) is 1. The molecule has 19 heavy (non-hydrogen) atoms. The van der Waals surface area contributed by atoms with Gasteiger partial charge in [-0.05, 0) is 31.5 Å². The van der Waals surface area contributed by atoms with E-state index in [1.54, 1.807) is 44.2 Å². The molecule has 0 aliphatic heterocycles. The highest BCUT2D eigenvalue weighted by Crippen LogP contribution is 2.25. The van der Waals surface area contributed by atoms with E-state index in [9.17, 15) is 4.39 Å². The van der Waals surface area contributed by atoms with Crippen molar-refractivity contribution in [1.82, 2.24) is 4.98 Å². The Morgan fingerprint density at radius 2 is 2.05 bits per heavy atom. The van der Waals surface area contributed by atoms with Crippen LogP contribution in [0.2, 0.25) is 0 Å². The van der Waals surface area contributed by atoms with Crippen molar-refractivity contribution in [3.63, 3.8) is 0 Å². The van der Waals surface area contributed by atoms with Crippen LogP contribution in [0.5, 0.6) is 11.6 Å². The lowest BCUT2D eigenvalue weighted by atomic mass is 10.2. The predicted molar refractivity (Wildman–Crippen MR) is 76.1 cm³/mol. The van der Waals surface area contributed by atoms with Crippen molar-refractivity contribution in [2.45, 2.75) is 13.8 Å². The summed E-state index contributed by atoms with van der Waals surface area (Å²) in [7, 11) is 0. The number of hydrogen-bond donors (Lipinski definition) is 1. The molecule has 0 radical (unpaired) electrons. The molecule has 0 atom stereocenters. The molecule has 0 spiro atoms. The summed E-state index contributed by atoms with van der Waals surface area (Å²) < 4.78 is 19.3. The summed E-state index contributed by atoms with van der Waals surface area (Å²) >= 11 is 4.91. The molecule has 0 saturated heterocycles. The molecule has 2 rings (SSSR count). The molecule has 3 nitrogen and oxygen atoms in total. The average molecular weight is 276 g/mol. The van der Waals surface area contributed by atoms with Crippen molar-refractivity contribution >= 4 is 17.2 Å². The highest BCUT2D eigenvalue weighted by Gasteiger charge is 2.09. The summed E-state index contributed by atoms with van der Waals surface area (Å²) in [6.07, 6.45) is 0. The number of halogens is 1. The fraction of sp³-hybridized carbons (Fsp3) is 0.143. The number of benzene rings is 1. The van der Waals surface area contributed by atoms with E-state index in [1.165, 1.54) is 0 Å². The molecule has 0 saturated carbocycles. The first-order chi connectivity index (χ1) is 8.97. The van der Waals surface area contributed by atoms with Crippen LogP contribution in [-0.4, -0.2) is 9.97 Å². The molecular formula is C14H13FN2OS. The highest BCUT2D eigenvalue weighted by atomic mass is 32.1. The van der Waals surface area contributed by atoms with Crippen LogP contribution in [0.25, 0.3) is 0 Å². The number of thiocarbonyl (C=S) groups is 1. The molecule has 1 aromatic carbocycles. The quantitative estimate of drug-likeness (QED) is 0.874. The van der Waals surface area contributed by atoms with Gasteiger partial charge in [0, 0.05) is 17.3 Å². The Morgan fingerprint density at radius 3 is 2.74 bits per heavy atom. The summed E-state index contributed by atoms with van der Waals surface area (Å²) in [4.78, 5) is 4.43. The van der Waals surface area contributed by atoms with Gasteiger partial charge >= 0.3 is 0 Å². The summed E-state index contributed by atoms with van der Waals surface area (Å²) in [5.74, 6) is 0.00182. The van der Waals surface area contributed by atoms with Gasteiger partial charge in [0.2, 0.25) is 5.88 Å². The number of hydrogen-bond acceptors (Lipinski definition) is 3. The first kappa shape index (κ1) is 13.4. The molecule has 0 aliphatic rings. The van der Waals surface area contributed by atoms with Gasteiger partial charge in [0.05, 0.1) is 0 Å². The Balaban J connectivity index is 2.38. The van der Waals surface area contributed by atoms with E-state index >= 15 is 0 Å². The SMILES string of the molecule is Cc1cc(C(N)=S)cc(Oc2cccc(C)c2F)n1. The molecule has 2 aromatic rings. The Labute approximate surface area is 116 Å². The van der Waals surface area contributed by atoms with Gasteiger partial charge in [-0.1, -0.05) is 24.4 Å². The monoisotopic (exact) mass is 276 g/mol. The summed E-state index contributed by atoms with van der Waals surface area (Å²) in [5.41, 5.74) is 7.43. The minimum atomic E-state index is -0.400. The molecule has 0 bridgehead atoms. The zero-order chi connectivity index (χ0) is 14.0. The smallest absolute Gasteiger partial charge is 0.220 e. The van der Waals surface area contributed by atoms with Crippen molar-refractivity contribution in [2.75, 3.05) is 0 Å². The predicted octanol–water partition coefficient (Wildman–Crippen LogP) is 3.26. The second kappa shape index (κ2) is 5.32. The van der Waals surface area contributed by atoms with Crippen LogP contribution >= 0.6 is 12.2 Å². The summed E-state index contributed by atoms with van der Waals surface area (Å²) in [5, 5.41) is 0. The second-order valence-electron chi connectivity index (χ2n) is 4.19. The Bertz CT molecular complexity index is 643. The third-order valence-electron chi connectivity index (χ3n) is 2.59. The fourth-order valence-corrected chi connectivity index (χ4v) is 1.76. The van der Waals surface area contributed by atoms with E-state index < -0.39 is 5.82 Å². The van der Waals surface area contributed by atoms with Gasteiger partial charge in [0.15, 0.2) is 11.6 Å². The summed E-state index contributed by atoms with van der Waals surface area (Å²) in [6.45, 7) is 3.47. The molecule has 0 aliphatic carbocycles. The van der Waals surface area contributed by atoms with Gasteiger partial charge in [-0.25, -0.2) is 9.37 Å². The minimum Gasteiger partial charge on any atom is -0.436 e. The van der Waals surface area contributed by atoms with E-state index in [1.807, 2.05) is 0 Å². The maximum Gasteiger partial charge on any atom is 0.220 e. The topological polar surface area (TPSA) is 48.1 Å². The lowest BCUT2D eigenvalue weighted by Crippen LogP contribution is -2.10. The van der Waals surface area contributed by atoms with Crippen LogP contribution in [0.4, 0.5) is 4.39 Å². The zero-order valence-corrected chi connectivity index (χ0v) is 11.4. The number of rotatable bonds is 3. The number of aryl methyl sites for hydroxylation is 2. The number of nitrogens with zero attached hydrogens (tertiary/aromatic N) is 1. The first-order valence-corrected chi connectivity index (χ1v) is 6.09. The molecule has 0 fully saturated rings. The molecule has 1 aromatic heterocycles. The van der Waals surface area contributed by atoms with Gasteiger partial charge < -0.3 is 10.5 Å². The molecule has 1 heterocycles. The van der Waals surface area contributed by atoms with E-state index in [2.05, 4.69) is 4.98 Å². The maximum atomic E-state index is 13.8. The molecule has 98 valence electrons. The van der Waals surface area contributed by atoms with Crippen LogP contribution in [0.3, 0.4) is 0 Å². The fourth-order valence-electron chi connectivity index (χ4n) is 1.64. The van der Waals surface area contributed by atoms with Crippen LogP contribution in [0.1, 0.15) is 16.8 Å². The third-order valence-corrected chi connectivity index (χ3v) is 2.82. The Hall–Kier alpha value is -2.01. The van der Waals surface area contributed by atoms with Crippen LogP contribution < -0.4 is 10.5 Å². The average Bonchev–Trinajstić information content (AvgIpc) is 2.34. The van der Waals surface area contributed by atoms with E-state index in [4.69, 9.17) is 22.7 Å². The largest absolute Gasteiger partial charge is 0.436 e. The van der Waals surface area contributed by atoms with E-state index in [0.29, 0.717) is 16.8 Å². The lowest BCUT2D eigenvalue weighted by molar-refractivity contribution is 0.424. The van der Waals surface area contributed by atoms with E-state index in [0.717, 1.165) is 0 Å². The number of pyridine rings is 1. The van der Waals surface area contributed by atoms with Crippen molar-refractivity contribution in [3.8, 4) is 11.6 Å². The first-order valence-electron chi connectivity index (χ1n) is 5.69. The van der Waals surface area contributed by atoms with Crippen LogP contribution in [0, 0.1) is 19.7 Å². The lowest BCUT2D eigenvalue weighted by Gasteiger charge is -2.09. The zero-order valence-electron chi connectivity index (χ0n) is 10.6. The Kier molecular flexibility index (Phi) is 3.76. The molecule has 2 N–H and O–H groups in total. The molecule has 5 heteroatoms. The van der Waals surface area contributed by atoms with Gasteiger partial charge in [-0.15, -0.1) is 0 Å². The second-order valence-corrected chi connectivity index (χ2v) is 4.63.